The van der Waals surface area contributed by atoms with E-state index in [4.69, 9.17) is 25.8 Å². The first-order valence-corrected chi connectivity index (χ1v) is 11.5. The topological polar surface area (TPSA) is 66.8 Å². The highest BCUT2D eigenvalue weighted by Crippen LogP contribution is 2.40. The van der Waals surface area contributed by atoms with Gasteiger partial charge in [0, 0.05) is 34.8 Å². The standard InChI is InChI=1S/C28H22ClNO5/c1-4-30-15-17(21-14-18(33-3)9-11-23(21)30)13-25-26(31)20-10-12-24(16(2)27(20)34-25)35-28(32)19-7-5-6-8-22(19)29/h5-15H,4H2,1-3H3/b25-13+. The Hall–Kier alpha value is -4.03. The van der Waals surface area contributed by atoms with Gasteiger partial charge in [-0.05, 0) is 62.4 Å². The van der Waals surface area contributed by atoms with E-state index < -0.39 is 5.97 Å². The van der Waals surface area contributed by atoms with Crippen LogP contribution in [0.4, 0.5) is 0 Å². The van der Waals surface area contributed by atoms with E-state index in [2.05, 4.69) is 11.5 Å². The Bertz CT molecular complexity index is 1530. The molecule has 1 aliphatic heterocycles. The summed E-state index contributed by atoms with van der Waals surface area (Å²) >= 11 is 6.12. The third-order valence-corrected chi connectivity index (χ3v) is 6.41. The molecule has 0 saturated heterocycles. The van der Waals surface area contributed by atoms with Crippen molar-refractivity contribution in [2.75, 3.05) is 7.11 Å². The van der Waals surface area contributed by atoms with Crippen molar-refractivity contribution in [1.29, 1.82) is 0 Å². The molecule has 0 atom stereocenters. The first kappa shape index (κ1) is 22.7. The normalized spacial score (nSPS) is 13.7. The van der Waals surface area contributed by atoms with Crippen LogP contribution in [0.2, 0.25) is 5.02 Å². The van der Waals surface area contributed by atoms with Crippen LogP contribution in [0, 0.1) is 6.92 Å². The number of hydrogen-bond donors (Lipinski definition) is 0. The van der Waals surface area contributed by atoms with Gasteiger partial charge in [0.05, 0.1) is 23.3 Å². The SMILES string of the molecule is CCn1cc(/C=C2/Oc3c(ccc(OC(=O)c4ccccc4Cl)c3C)C2=O)c2cc(OC)ccc21. The molecule has 0 amide bonds. The quantitative estimate of drug-likeness (QED) is 0.183. The summed E-state index contributed by atoms with van der Waals surface area (Å²) in [6.45, 7) is 4.58. The van der Waals surface area contributed by atoms with Gasteiger partial charge in [-0.15, -0.1) is 0 Å². The van der Waals surface area contributed by atoms with Crippen molar-refractivity contribution in [3.8, 4) is 17.2 Å². The molecule has 1 aliphatic rings. The maximum absolute atomic E-state index is 13.1. The number of aryl methyl sites for hydroxylation is 1. The summed E-state index contributed by atoms with van der Waals surface area (Å²) in [7, 11) is 1.62. The zero-order chi connectivity index (χ0) is 24.7. The number of allylic oxidation sites excluding steroid dienone is 1. The van der Waals surface area contributed by atoms with Gasteiger partial charge in [0.1, 0.15) is 17.2 Å². The molecule has 0 spiro atoms. The van der Waals surface area contributed by atoms with Crippen LogP contribution in [0.25, 0.3) is 17.0 Å². The smallest absolute Gasteiger partial charge is 0.345 e. The van der Waals surface area contributed by atoms with E-state index in [1.807, 2.05) is 24.4 Å². The molecule has 7 heteroatoms. The van der Waals surface area contributed by atoms with Gasteiger partial charge in [0.25, 0.3) is 0 Å². The van der Waals surface area contributed by atoms with Gasteiger partial charge in [0.2, 0.25) is 5.78 Å². The van der Waals surface area contributed by atoms with Crippen molar-refractivity contribution in [3.63, 3.8) is 0 Å². The van der Waals surface area contributed by atoms with Crippen molar-refractivity contribution in [2.45, 2.75) is 20.4 Å². The number of halogens is 1. The lowest BCUT2D eigenvalue weighted by Crippen LogP contribution is -2.10. The van der Waals surface area contributed by atoms with Gasteiger partial charge in [-0.3, -0.25) is 4.79 Å². The van der Waals surface area contributed by atoms with Crippen LogP contribution >= 0.6 is 11.6 Å². The molecule has 35 heavy (non-hydrogen) atoms. The molecular weight excluding hydrogens is 466 g/mol. The maximum Gasteiger partial charge on any atom is 0.345 e. The summed E-state index contributed by atoms with van der Waals surface area (Å²) in [6.07, 6.45) is 3.73. The minimum absolute atomic E-state index is 0.204. The molecule has 0 N–H and O–H groups in total. The number of esters is 1. The van der Waals surface area contributed by atoms with E-state index in [9.17, 15) is 9.59 Å². The lowest BCUT2D eigenvalue weighted by Gasteiger charge is -2.10. The fraction of sp³-hybridized carbons (Fsp3) is 0.143. The molecule has 4 aromatic rings. The van der Waals surface area contributed by atoms with Crippen LogP contribution in [-0.2, 0) is 6.54 Å². The van der Waals surface area contributed by atoms with Crippen molar-refractivity contribution >= 4 is 40.3 Å². The van der Waals surface area contributed by atoms with Crippen LogP contribution in [0.5, 0.6) is 17.2 Å². The molecule has 5 rings (SSSR count). The fourth-order valence-electron chi connectivity index (χ4n) is 4.21. The summed E-state index contributed by atoms with van der Waals surface area (Å²) in [4.78, 5) is 25.8. The molecule has 2 heterocycles. The number of Topliss-reactive ketones (excluding diaryl/α,β-unsaturated/α-hetero) is 1. The third kappa shape index (κ3) is 3.96. The van der Waals surface area contributed by atoms with Gasteiger partial charge in [-0.25, -0.2) is 4.79 Å². The van der Waals surface area contributed by atoms with Crippen LogP contribution < -0.4 is 14.2 Å². The lowest BCUT2D eigenvalue weighted by atomic mass is 10.1. The minimum Gasteiger partial charge on any atom is -0.497 e. The van der Waals surface area contributed by atoms with Crippen molar-refractivity contribution < 1.29 is 23.8 Å². The molecule has 0 saturated carbocycles. The van der Waals surface area contributed by atoms with Crippen LogP contribution in [0.15, 0.2) is 66.6 Å². The number of methoxy groups -OCH3 is 1. The molecule has 0 radical (unpaired) electrons. The lowest BCUT2D eigenvalue weighted by molar-refractivity contribution is 0.0733. The van der Waals surface area contributed by atoms with Gasteiger partial charge >= 0.3 is 5.97 Å². The second-order valence-corrected chi connectivity index (χ2v) is 8.54. The number of ether oxygens (including phenoxy) is 3. The molecule has 6 nitrogen and oxygen atoms in total. The third-order valence-electron chi connectivity index (χ3n) is 6.08. The number of ketones is 1. The number of benzene rings is 3. The van der Waals surface area contributed by atoms with Crippen LogP contribution in [0.1, 0.15) is 38.8 Å². The van der Waals surface area contributed by atoms with Gasteiger partial charge in [0.15, 0.2) is 5.76 Å². The summed E-state index contributed by atoms with van der Waals surface area (Å²) in [5.74, 6) is 0.800. The highest BCUT2D eigenvalue weighted by atomic mass is 35.5. The van der Waals surface area contributed by atoms with Crippen molar-refractivity contribution in [3.05, 3.63) is 93.8 Å². The monoisotopic (exact) mass is 487 g/mol. The molecule has 176 valence electrons. The minimum atomic E-state index is -0.583. The van der Waals surface area contributed by atoms with Crippen LogP contribution in [0.3, 0.4) is 0 Å². The fourth-order valence-corrected chi connectivity index (χ4v) is 4.42. The summed E-state index contributed by atoms with van der Waals surface area (Å²) < 4.78 is 19.1. The molecule has 3 aromatic carbocycles. The molecule has 0 aliphatic carbocycles. The Morgan fingerprint density at radius 2 is 1.94 bits per heavy atom. The van der Waals surface area contributed by atoms with Crippen molar-refractivity contribution in [2.24, 2.45) is 0 Å². The number of fused-ring (bicyclic) bond motifs is 2. The Morgan fingerprint density at radius 1 is 1.14 bits per heavy atom. The van der Waals surface area contributed by atoms with E-state index in [1.165, 1.54) is 0 Å². The first-order chi connectivity index (χ1) is 16.9. The molecular formula is C28H22ClNO5. The second kappa shape index (κ2) is 8.96. The van der Waals surface area contributed by atoms with E-state index in [-0.39, 0.29) is 17.1 Å². The number of carbonyl (C=O) groups is 2. The zero-order valence-corrected chi connectivity index (χ0v) is 20.2. The Morgan fingerprint density at radius 3 is 2.69 bits per heavy atom. The first-order valence-electron chi connectivity index (χ1n) is 11.1. The maximum atomic E-state index is 13.1. The number of nitrogens with zero attached hydrogens (tertiary/aromatic N) is 1. The van der Waals surface area contributed by atoms with Gasteiger partial charge in [-0.1, -0.05) is 23.7 Å². The number of carbonyl (C=O) groups excluding carboxylic acids is 2. The van der Waals surface area contributed by atoms with Crippen LogP contribution in [-0.4, -0.2) is 23.4 Å². The summed E-state index contributed by atoms with van der Waals surface area (Å²) in [5, 5.41) is 1.26. The number of hydrogen-bond acceptors (Lipinski definition) is 5. The van der Waals surface area contributed by atoms with E-state index in [1.54, 1.807) is 56.5 Å². The Balaban J connectivity index is 1.49. The molecule has 1 aromatic heterocycles. The van der Waals surface area contributed by atoms with E-state index in [0.29, 0.717) is 27.6 Å². The molecule has 0 bridgehead atoms. The number of rotatable bonds is 5. The zero-order valence-electron chi connectivity index (χ0n) is 19.4. The van der Waals surface area contributed by atoms with Gasteiger partial charge < -0.3 is 18.8 Å². The average Bonchev–Trinajstić information content (AvgIpc) is 3.38. The molecule has 0 fully saturated rings. The van der Waals surface area contributed by atoms with Crippen molar-refractivity contribution in [1.82, 2.24) is 4.57 Å². The van der Waals surface area contributed by atoms with Gasteiger partial charge in [-0.2, -0.15) is 0 Å². The largest absolute Gasteiger partial charge is 0.497 e. The summed E-state index contributed by atoms with van der Waals surface area (Å²) in [6, 6.07) is 15.7. The highest BCUT2D eigenvalue weighted by Gasteiger charge is 2.31. The van der Waals surface area contributed by atoms with E-state index in [0.717, 1.165) is 28.8 Å². The summed E-state index contributed by atoms with van der Waals surface area (Å²) in [5.41, 5.74) is 3.11. The second-order valence-electron chi connectivity index (χ2n) is 8.13. The predicted octanol–water partition coefficient (Wildman–Crippen LogP) is 6.47. The Labute approximate surface area is 207 Å². The highest BCUT2D eigenvalue weighted by molar-refractivity contribution is 6.33. The molecule has 0 unspecified atom stereocenters. The average molecular weight is 488 g/mol. The Kier molecular flexibility index (Phi) is 5.83. The predicted molar refractivity (Wildman–Crippen MR) is 135 cm³/mol. The number of aromatic nitrogens is 1. The van der Waals surface area contributed by atoms with E-state index >= 15 is 0 Å².